The van der Waals surface area contributed by atoms with Crippen LogP contribution in [0.4, 0.5) is 4.39 Å². The summed E-state index contributed by atoms with van der Waals surface area (Å²) in [5, 5.41) is 11.7. The van der Waals surface area contributed by atoms with Crippen LogP contribution in [0, 0.1) is 12.7 Å². The van der Waals surface area contributed by atoms with Crippen molar-refractivity contribution >= 4 is 17.7 Å². The average Bonchev–Trinajstić information content (AvgIpc) is 3.46. The average molecular weight is 453 g/mol. The number of carbonyl (C=O) groups is 1. The van der Waals surface area contributed by atoms with Gasteiger partial charge in [-0.3, -0.25) is 9.36 Å². The number of imidazole rings is 1. The predicted octanol–water partition coefficient (Wildman–Crippen LogP) is 3.32. The molecule has 0 aliphatic heterocycles. The van der Waals surface area contributed by atoms with E-state index in [1.54, 1.807) is 36.2 Å². The predicted molar refractivity (Wildman–Crippen MR) is 119 cm³/mol. The first kappa shape index (κ1) is 21.6. The van der Waals surface area contributed by atoms with Gasteiger partial charge in [0, 0.05) is 24.6 Å². The van der Waals surface area contributed by atoms with Crippen molar-refractivity contribution in [1.82, 2.24) is 29.6 Å². The largest absolute Gasteiger partial charge is 0.497 e. The lowest BCUT2D eigenvalue weighted by Gasteiger charge is -2.10. The van der Waals surface area contributed by atoms with E-state index in [0.29, 0.717) is 22.2 Å². The van der Waals surface area contributed by atoms with E-state index in [0.717, 1.165) is 11.4 Å². The van der Waals surface area contributed by atoms with Crippen LogP contribution < -0.4 is 10.1 Å². The molecule has 0 unspecified atom stereocenters. The number of hydrogen-bond donors (Lipinski definition) is 1. The third kappa shape index (κ3) is 4.80. The Hall–Kier alpha value is -3.66. The Balaban J connectivity index is 1.35. The first-order chi connectivity index (χ1) is 15.5. The quantitative estimate of drug-likeness (QED) is 0.413. The highest BCUT2D eigenvalue weighted by atomic mass is 32.2. The van der Waals surface area contributed by atoms with Gasteiger partial charge in [0.05, 0.1) is 24.9 Å². The van der Waals surface area contributed by atoms with Crippen molar-refractivity contribution in [2.75, 3.05) is 12.9 Å². The summed E-state index contributed by atoms with van der Waals surface area (Å²) in [6.07, 6.45) is 4.79. The van der Waals surface area contributed by atoms with Crippen LogP contribution in [0.15, 0.2) is 66.3 Å². The minimum atomic E-state index is -0.382. The van der Waals surface area contributed by atoms with Crippen LogP contribution in [-0.4, -0.2) is 43.1 Å². The van der Waals surface area contributed by atoms with Crippen molar-refractivity contribution in [3.05, 3.63) is 78.4 Å². The molecule has 32 heavy (non-hydrogen) atoms. The van der Waals surface area contributed by atoms with Gasteiger partial charge in [-0.15, -0.1) is 10.2 Å². The topological polar surface area (TPSA) is 86.9 Å². The molecule has 2 aromatic carbocycles. The number of thioether (sulfide) groups is 1. The molecule has 0 spiro atoms. The van der Waals surface area contributed by atoms with E-state index in [4.69, 9.17) is 4.74 Å². The fourth-order valence-electron chi connectivity index (χ4n) is 3.12. The summed E-state index contributed by atoms with van der Waals surface area (Å²) in [7, 11) is 1.61. The number of nitrogens with one attached hydrogen (secondary N) is 1. The molecule has 0 saturated heterocycles. The standard InChI is InChI=1S/C22H21FN6O2S/c1-15-26-27-22(29(15)17-4-6-18(31-2)7-5-17)32-13-21(30)25-12-16-3-8-20(19(23)11-16)28-10-9-24-14-28/h3-11,14H,12-13H2,1-2H3,(H,25,30). The van der Waals surface area contributed by atoms with E-state index in [2.05, 4.69) is 20.5 Å². The summed E-state index contributed by atoms with van der Waals surface area (Å²) in [5.41, 5.74) is 1.95. The number of nitrogens with zero attached hydrogens (tertiary/aromatic N) is 5. The molecule has 2 heterocycles. The number of ether oxygens (including phenoxy) is 1. The van der Waals surface area contributed by atoms with E-state index in [-0.39, 0.29) is 24.0 Å². The van der Waals surface area contributed by atoms with Gasteiger partial charge in [0.15, 0.2) is 5.16 Å². The van der Waals surface area contributed by atoms with E-state index in [9.17, 15) is 9.18 Å². The third-order valence-corrected chi connectivity index (χ3v) is 5.67. The normalized spacial score (nSPS) is 10.8. The molecule has 1 N–H and O–H groups in total. The smallest absolute Gasteiger partial charge is 0.230 e. The molecule has 8 nitrogen and oxygen atoms in total. The molecular formula is C22H21FN6O2S. The van der Waals surface area contributed by atoms with Crippen molar-refractivity contribution < 1.29 is 13.9 Å². The highest BCUT2D eigenvalue weighted by Gasteiger charge is 2.14. The Morgan fingerprint density at radius 1 is 1.19 bits per heavy atom. The third-order valence-electron chi connectivity index (χ3n) is 4.74. The molecule has 10 heteroatoms. The molecule has 0 aliphatic carbocycles. The van der Waals surface area contributed by atoms with Crippen LogP contribution in [0.2, 0.25) is 0 Å². The minimum absolute atomic E-state index is 0.157. The summed E-state index contributed by atoms with van der Waals surface area (Å²) >= 11 is 1.28. The molecule has 0 bridgehead atoms. The summed E-state index contributed by atoms with van der Waals surface area (Å²) in [4.78, 5) is 16.3. The Labute approximate surface area is 188 Å². The molecule has 4 rings (SSSR count). The number of benzene rings is 2. The molecule has 2 aromatic heterocycles. The first-order valence-electron chi connectivity index (χ1n) is 9.78. The van der Waals surface area contributed by atoms with Crippen LogP contribution in [-0.2, 0) is 11.3 Å². The van der Waals surface area contributed by atoms with Gasteiger partial charge in [-0.05, 0) is 48.9 Å². The van der Waals surface area contributed by atoms with Crippen LogP contribution in [0.5, 0.6) is 5.75 Å². The summed E-state index contributed by atoms with van der Waals surface area (Å²) in [6, 6.07) is 12.4. The number of hydrogen-bond acceptors (Lipinski definition) is 6. The Bertz CT molecular complexity index is 1210. The number of aryl methyl sites for hydroxylation is 1. The van der Waals surface area contributed by atoms with Crippen molar-refractivity contribution in [3.63, 3.8) is 0 Å². The van der Waals surface area contributed by atoms with Crippen molar-refractivity contribution in [1.29, 1.82) is 0 Å². The van der Waals surface area contributed by atoms with Crippen molar-refractivity contribution in [2.45, 2.75) is 18.6 Å². The zero-order chi connectivity index (χ0) is 22.5. The molecule has 0 radical (unpaired) electrons. The SMILES string of the molecule is COc1ccc(-n2c(C)nnc2SCC(=O)NCc2ccc(-n3ccnc3)c(F)c2)cc1. The Morgan fingerprint density at radius 2 is 2.00 bits per heavy atom. The second-order valence-corrected chi connectivity index (χ2v) is 7.83. The van der Waals surface area contributed by atoms with E-state index < -0.39 is 0 Å². The zero-order valence-corrected chi connectivity index (χ0v) is 18.3. The molecule has 0 aliphatic rings. The fraction of sp³-hybridized carbons (Fsp3) is 0.182. The molecule has 1 amide bonds. The van der Waals surface area contributed by atoms with Crippen LogP contribution >= 0.6 is 11.8 Å². The van der Waals surface area contributed by atoms with Gasteiger partial charge in [-0.2, -0.15) is 0 Å². The summed E-state index contributed by atoms with van der Waals surface area (Å²) in [6.45, 7) is 2.08. The number of methoxy groups -OCH3 is 1. The maximum absolute atomic E-state index is 14.4. The number of amides is 1. The fourth-order valence-corrected chi connectivity index (χ4v) is 3.95. The van der Waals surface area contributed by atoms with Gasteiger partial charge >= 0.3 is 0 Å². The Kier molecular flexibility index (Phi) is 6.50. The maximum atomic E-state index is 14.4. The second kappa shape index (κ2) is 9.65. The summed E-state index contributed by atoms with van der Waals surface area (Å²) in [5.74, 6) is 1.06. The van der Waals surface area contributed by atoms with Gasteiger partial charge in [0.25, 0.3) is 0 Å². The van der Waals surface area contributed by atoms with Gasteiger partial charge in [-0.1, -0.05) is 17.8 Å². The molecule has 0 saturated carbocycles. The van der Waals surface area contributed by atoms with Gasteiger partial charge in [-0.25, -0.2) is 9.37 Å². The number of rotatable bonds is 8. The van der Waals surface area contributed by atoms with Crippen LogP contribution in [0.3, 0.4) is 0 Å². The lowest BCUT2D eigenvalue weighted by atomic mass is 10.2. The molecular weight excluding hydrogens is 431 g/mol. The van der Waals surface area contributed by atoms with Gasteiger partial charge < -0.3 is 14.6 Å². The van der Waals surface area contributed by atoms with Gasteiger partial charge in [0.1, 0.15) is 17.4 Å². The summed E-state index contributed by atoms with van der Waals surface area (Å²) < 4.78 is 23.0. The highest BCUT2D eigenvalue weighted by molar-refractivity contribution is 7.99. The van der Waals surface area contributed by atoms with E-state index >= 15 is 0 Å². The monoisotopic (exact) mass is 452 g/mol. The van der Waals surface area contributed by atoms with Crippen molar-refractivity contribution in [3.8, 4) is 17.1 Å². The van der Waals surface area contributed by atoms with Crippen LogP contribution in [0.1, 0.15) is 11.4 Å². The zero-order valence-electron chi connectivity index (χ0n) is 17.5. The van der Waals surface area contributed by atoms with E-state index in [1.807, 2.05) is 35.8 Å². The highest BCUT2D eigenvalue weighted by Crippen LogP contribution is 2.23. The van der Waals surface area contributed by atoms with E-state index in [1.165, 1.54) is 24.2 Å². The Morgan fingerprint density at radius 3 is 2.69 bits per heavy atom. The lowest BCUT2D eigenvalue weighted by molar-refractivity contribution is -0.118. The van der Waals surface area contributed by atoms with Gasteiger partial charge in [0.2, 0.25) is 5.91 Å². The molecule has 0 fully saturated rings. The lowest BCUT2D eigenvalue weighted by Crippen LogP contribution is -2.24. The number of aromatic nitrogens is 5. The molecule has 164 valence electrons. The molecule has 0 atom stereocenters. The minimum Gasteiger partial charge on any atom is -0.497 e. The first-order valence-corrected chi connectivity index (χ1v) is 10.8. The molecule has 4 aromatic rings. The second-order valence-electron chi connectivity index (χ2n) is 6.88. The van der Waals surface area contributed by atoms with Crippen molar-refractivity contribution in [2.24, 2.45) is 0 Å². The van der Waals surface area contributed by atoms with Crippen LogP contribution in [0.25, 0.3) is 11.4 Å². The number of halogens is 1. The maximum Gasteiger partial charge on any atom is 0.230 e. The number of carbonyl (C=O) groups excluding carboxylic acids is 1.